The standard InChI is InChI=1S/C19H29ClN4O2/c1-13(2)9-23-19(26)24-11-15-5-3-14(4-6-15)10-22-18(25)16-7-8-17(20)21-12-16/h7-8,12-15H,3-6,9-11H2,1-2H3,(H,22,25)(H2,23,24,26). The van der Waals surface area contributed by atoms with Crippen molar-refractivity contribution in [2.75, 3.05) is 19.6 Å². The van der Waals surface area contributed by atoms with E-state index in [1.54, 1.807) is 12.1 Å². The highest BCUT2D eigenvalue weighted by Gasteiger charge is 2.22. The fraction of sp³-hybridized carbons (Fsp3) is 0.632. The van der Waals surface area contributed by atoms with Crippen LogP contribution in [0.3, 0.4) is 0 Å². The first-order chi connectivity index (χ1) is 12.4. The molecule has 0 aliphatic heterocycles. The van der Waals surface area contributed by atoms with Gasteiger partial charge in [0, 0.05) is 25.8 Å². The minimum absolute atomic E-state index is 0.0790. The van der Waals surface area contributed by atoms with E-state index in [9.17, 15) is 9.59 Å². The minimum Gasteiger partial charge on any atom is -0.352 e. The molecule has 3 amide bonds. The van der Waals surface area contributed by atoms with Crippen molar-refractivity contribution in [2.24, 2.45) is 17.8 Å². The number of nitrogens with zero attached hydrogens (tertiary/aromatic N) is 1. The Morgan fingerprint density at radius 1 is 1.08 bits per heavy atom. The smallest absolute Gasteiger partial charge is 0.314 e. The number of halogens is 1. The number of nitrogens with one attached hydrogen (secondary N) is 3. The van der Waals surface area contributed by atoms with Crippen LogP contribution >= 0.6 is 11.6 Å². The summed E-state index contributed by atoms with van der Waals surface area (Å²) >= 11 is 5.73. The van der Waals surface area contributed by atoms with Gasteiger partial charge in [0.25, 0.3) is 5.91 Å². The molecule has 1 aliphatic carbocycles. The van der Waals surface area contributed by atoms with Crippen molar-refractivity contribution in [3.8, 4) is 0 Å². The van der Waals surface area contributed by atoms with Gasteiger partial charge in [0.15, 0.2) is 0 Å². The van der Waals surface area contributed by atoms with Crippen LogP contribution in [0.4, 0.5) is 4.79 Å². The monoisotopic (exact) mass is 380 g/mol. The molecule has 6 nitrogen and oxygen atoms in total. The van der Waals surface area contributed by atoms with E-state index in [2.05, 4.69) is 34.8 Å². The number of aromatic nitrogens is 1. The summed E-state index contributed by atoms with van der Waals surface area (Å²) in [6.07, 6.45) is 5.78. The highest BCUT2D eigenvalue weighted by atomic mass is 35.5. The molecular formula is C19H29ClN4O2. The van der Waals surface area contributed by atoms with Crippen molar-refractivity contribution in [3.63, 3.8) is 0 Å². The van der Waals surface area contributed by atoms with Crippen molar-refractivity contribution in [1.82, 2.24) is 20.9 Å². The summed E-state index contributed by atoms with van der Waals surface area (Å²) in [6, 6.07) is 3.22. The third kappa shape index (κ3) is 7.20. The fourth-order valence-corrected chi connectivity index (χ4v) is 3.20. The average molecular weight is 381 g/mol. The summed E-state index contributed by atoms with van der Waals surface area (Å²) in [6.45, 7) is 6.24. The lowest BCUT2D eigenvalue weighted by Gasteiger charge is -2.28. The van der Waals surface area contributed by atoms with E-state index >= 15 is 0 Å². The molecule has 26 heavy (non-hydrogen) atoms. The van der Waals surface area contributed by atoms with Gasteiger partial charge in [-0.1, -0.05) is 25.4 Å². The van der Waals surface area contributed by atoms with Gasteiger partial charge in [0.1, 0.15) is 5.15 Å². The summed E-state index contributed by atoms with van der Waals surface area (Å²) < 4.78 is 0. The van der Waals surface area contributed by atoms with Crippen LogP contribution in [-0.2, 0) is 0 Å². The highest BCUT2D eigenvalue weighted by molar-refractivity contribution is 6.29. The van der Waals surface area contributed by atoms with Crippen LogP contribution in [0.15, 0.2) is 18.3 Å². The molecule has 1 heterocycles. The van der Waals surface area contributed by atoms with Crippen molar-refractivity contribution in [3.05, 3.63) is 29.0 Å². The number of carbonyl (C=O) groups is 2. The molecule has 0 radical (unpaired) electrons. The first-order valence-electron chi connectivity index (χ1n) is 9.35. The number of pyridine rings is 1. The van der Waals surface area contributed by atoms with Gasteiger partial charge in [-0.3, -0.25) is 4.79 Å². The lowest BCUT2D eigenvalue weighted by Crippen LogP contribution is -2.40. The van der Waals surface area contributed by atoms with Crippen LogP contribution in [-0.4, -0.2) is 36.6 Å². The van der Waals surface area contributed by atoms with Crippen LogP contribution in [0, 0.1) is 17.8 Å². The van der Waals surface area contributed by atoms with Crippen LogP contribution in [0.25, 0.3) is 0 Å². The Kier molecular flexibility index (Phi) is 8.16. The largest absolute Gasteiger partial charge is 0.352 e. The van der Waals surface area contributed by atoms with Gasteiger partial charge in [0.05, 0.1) is 5.56 Å². The zero-order chi connectivity index (χ0) is 18.9. The molecule has 1 aromatic rings. The predicted octanol–water partition coefficient (Wildman–Crippen LogP) is 3.23. The molecule has 1 aromatic heterocycles. The Morgan fingerprint density at radius 3 is 2.23 bits per heavy atom. The van der Waals surface area contributed by atoms with E-state index in [-0.39, 0.29) is 11.9 Å². The van der Waals surface area contributed by atoms with E-state index in [0.29, 0.717) is 41.6 Å². The molecule has 144 valence electrons. The topological polar surface area (TPSA) is 83.1 Å². The lowest BCUT2D eigenvalue weighted by molar-refractivity contribution is 0.0941. The second kappa shape index (κ2) is 10.4. The quantitative estimate of drug-likeness (QED) is 0.635. The summed E-state index contributed by atoms with van der Waals surface area (Å²) in [5.41, 5.74) is 0.527. The van der Waals surface area contributed by atoms with Crippen molar-refractivity contribution in [1.29, 1.82) is 0 Å². The minimum atomic E-state index is -0.111. The Bertz CT molecular complexity index is 584. The van der Waals surface area contributed by atoms with Crippen LogP contribution < -0.4 is 16.0 Å². The fourth-order valence-electron chi connectivity index (χ4n) is 3.09. The Labute approximate surface area is 160 Å². The van der Waals surface area contributed by atoms with E-state index in [1.807, 2.05) is 0 Å². The molecule has 0 saturated heterocycles. The Morgan fingerprint density at radius 2 is 1.69 bits per heavy atom. The Hall–Kier alpha value is -1.82. The molecule has 1 fully saturated rings. The van der Waals surface area contributed by atoms with Crippen LogP contribution in [0.5, 0.6) is 0 Å². The molecule has 1 saturated carbocycles. The van der Waals surface area contributed by atoms with E-state index in [4.69, 9.17) is 11.6 Å². The van der Waals surface area contributed by atoms with Gasteiger partial charge in [-0.2, -0.15) is 0 Å². The van der Waals surface area contributed by atoms with Crippen molar-refractivity contribution >= 4 is 23.5 Å². The molecule has 0 unspecified atom stereocenters. The van der Waals surface area contributed by atoms with Gasteiger partial charge in [-0.15, -0.1) is 0 Å². The lowest BCUT2D eigenvalue weighted by atomic mass is 9.82. The third-order valence-electron chi connectivity index (χ3n) is 4.73. The van der Waals surface area contributed by atoms with E-state index in [0.717, 1.165) is 32.2 Å². The molecule has 0 aromatic carbocycles. The normalized spacial score (nSPS) is 19.8. The van der Waals surface area contributed by atoms with Crippen molar-refractivity contribution < 1.29 is 9.59 Å². The average Bonchev–Trinajstić information content (AvgIpc) is 2.64. The molecule has 1 aliphatic rings. The van der Waals surface area contributed by atoms with Crippen LogP contribution in [0.1, 0.15) is 49.9 Å². The van der Waals surface area contributed by atoms with E-state index < -0.39 is 0 Å². The second-order valence-electron chi connectivity index (χ2n) is 7.45. The van der Waals surface area contributed by atoms with Gasteiger partial charge in [-0.05, 0) is 55.6 Å². The first-order valence-corrected chi connectivity index (χ1v) is 9.73. The molecule has 7 heteroatoms. The molecule has 0 spiro atoms. The maximum absolute atomic E-state index is 12.1. The number of hydrogen-bond donors (Lipinski definition) is 3. The number of hydrogen-bond acceptors (Lipinski definition) is 3. The summed E-state index contributed by atoms with van der Waals surface area (Å²) in [7, 11) is 0. The summed E-state index contributed by atoms with van der Waals surface area (Å²) in [4.78, 5) is 27.7. The molecular weight excluding hydrogens is 352 g/mol. The number of urea groups is 1. The third-order valence-corrected chi connectivity index (χ3v) is 4.95. The van der Waals surface area contributed by atoms with Gasteiger partial charge >= 0.3 is 6.03 Å². The molecule has 0 atom stereocenters. The zero-order valence-electron chi connectivity index (χ0n) is 15.6. The SMILES string of the molecule is CC(C)CNC(=O)NCC1CCC(CNC(=O)c2ccc(Cl)nc2)CC1. The van der Waals surface area contributed by atoms with Gasteiger partial charge in [0.2, 0.25) is 0 Å². The second-order valence-corrected chi connectivity index (χ2v) is 7.84. The van der Waals surface area contributed by atoms with Gasteiger partial charge < -0.3 is 16.0 Å². The number of carbonyl (C=O) groups excluding carboxylic acids is 2. The van der Waals surface area contributed by atoms with E-state index in [1.165, 1.54) is 6.20 Å². The first kappa shape index (κ1) is 20.5. The molecule has 3 N–H and O–H groups in total. The number of rotatable bonds is 7. The predicted molar refractivity (Wildman–Crippen MR) is 103 cm³/mol. The maximum atomic E-state index is 12.1. The zero-order valence-corrected chi connectivity index (χ0v) is 16.3. The summed E-state index contributed by atoms with van der Waals surface area (Å²) in [5, 5.41) is 9.19. The van der Waals surface area contributed by atoms with Gasteiger partial charge in [-0.25, -0.2) is 9.78 Å². The molecule has 0 bridgehead atoms. The molecule has 2 rings (SSSR count). The van der Waals surface area contributed by atoms with Crippen molar-refractivity contribution in [2.45, 2.75) is 39.5 Å². The highest BCUT2D eigenvalue weighted by Crippen LogP contribution is 2.28. The Balaban J connectivity index is 1.61. The number of amides is 3. The summed E-state index contributed by atoms with van der Waals surface area (Å²) in [5.74, 6) is 1.35. The van der Waals surface area contributed by atoms with Crippen LogP contribution in [0.2, 0.25) is 5.15 Å². The maximum Gasteiger partial charge on any atom is 0.314 e.